The highest BCUT2D eigenvalue weighted by atomic mass is 16.6. The number of ketones is 1. The molecule has 0 spiro atoms. The lowest BCUT2D eigenvalue weighted by Crippen LogP contribution is -2.49. The van der Waals surface area contributed by atoms with Crippen molar-refractivity contribution in [3.63, 3.8) is 0 Å². The Kier molecular flexibility index (Phi) is 5.92. The number of methoxy groups -OCH3 is 1. The molecule has 34 heavy (non-hydrogen) atoms. The van der Waals surface area contributed by atoms with Gasteiger partial charge in [-0.2, -0.15) is 0 Å². The van der Waals surface area contributed by atoms with Gasteiger partial charge in [0, 0.05) is 17.0 Å². The molecule has 4 aliphatic rings. The van der Waals surface area contributed by atoms with Crippen LogP contribution in [0.5, 0.6) is 11.5 Å². The third-order valence-corrected chi connectivity index (χ3v) is 7.99. The Morgan fingerprint density at radius 3 is 2.32 bits per heavy atom. The van der Waals surface area contributed by atoms with E-state index in [0.717, 1.165) is 53.7 Å². The van der Waals surface area contributed by atoms with E-state index in [2.05, 4.69) is 0 Å². The van der Waals surface area contributed by atoms with Crippen LogP contribution in [0.2, 0.25) is 0 Å². The van der Waals surface area contributed by atoms with Crippen molar-refractivity contribution in [2.24, 2.45) is 23.2 Å². The molecule has 0 aliphatic heterocycles. The van der Waals surface area contributed by atoms with Gasteiger partial charge in [-0.1, -0.05) is 18.2 Å². The monoisotopic (exact) mass is 461 g/mol. The molecule has 2 aromatic rings. The quantitative estimate of drug-likeness (QED) is 0.262. The van der Waals surface area contributed by atoms with E-state index in [1.165, 1.54) is 25.3 Å². The number of nitrogens with zero attached hydrogens (tertiary/aromatic N) is 1. The number of hydrogen-bond donors (Lipinski definition) is 0. The summed E-state index contributed by atoms with van der Waals surface area (Å²) >= 11 is 0. The molecule has 4 fully saturated rings. The minimum Gasteiger partial charge on any atom is -0.496 e. The summed E-state index contributed by atoms with van der Waals surface area (Å²) in [4.78, 5) is 24.3. The lowest BCUT2D eigenvalue weighted by Gasteiger charge is -2.55. The van der Waals surface area contributed by atoms with E-state index in [1.54, 1.807) is 32.2 Å². The molecule has 0 saturated heterocycles. The molecule has 0 unspecified atom stereocenters. The van der Waals surface area contributed by atoms with Gasteiger partial charge in [-0.25, -0.2) is 0 Å². The first kappa shape index (κ1) is 22.6. The van der Waals surface area contributed by atoms with Crippen LogP contribution in [0.15, 0.2) is 42.5 Å². The summed E-state index contributed by atoms with van der Waals surface area (Å²) in [6.07, 6.45) is 10.8. The molecule has 6 heteroatoms. The predicted molar refractivity (Wildman–Crippen MR) is 130 cm³/mol. The summed E-state index contributed by atoms with van der Waals surface area (Å²) < 4.78 is 11.3. The van der Waals surface area contributed by atoms with Gasteiger partial charge in [-0.15, -0.1) is 0 Å². The maximum atomic E-state index is 13.3. The Morgan fingerprint density at radius 2 is 1.71 bits per heavy atom. The summed E-state index contributed by atoms with van der Waals surface area (Å²) in [5, 5.41) is 11.4. The fourth-order valence-corrected chi connectivity index (χ4v) is 6.82. The third kappa shape index (κ3) is 4.33. The molecule has 6 rings (SSSR count). The first-order valence-corrected chi connectivity index (χ1v) is 12.1. The van der Waals surface area contributed by atoms with Crippen molar-refractivity contribution in [1.82, 2.24) is 0 Å². The van der Waals surface area contributed by atoms with Crippen molar-refractivity contribution in [3.8, 4) is 11.5 Å². The highest BCUT2D eigenvalue weighted by molar-refractivity contribution is 5.98. The van der Waals surface area contributed by atoms with Gasteiger partial charge in [0.2, 0.25) is 0 Å². The average Bonchev–Trinajstić information content (AvgIpc) is 2.80. The summed E-state index contributed by atoms with van der Waals surface area (Å²) in [5.74, 6) is 3.34. The molecule has 178 valence electrons. The van der Waals surface area contributed by atoms with E-state index >= 15 is 0 Å². The number of carbonyl (C=O) groups is 1. The second kappa shape index (κ2) is 8.90. The Balaban J connectivity index is 1.32. The molecular formula is C28H31NO5. The molecule has 4 bridgehead atoms. The predicted octanol–water partition coefficient (Wildman–Crippen LogP) is 6.29. The normalized spacial score (nSPS) is 27.2. The van der Waals surface area contributed by atoms with Gasteiger partial charge in [0.05, 0.1) is 12.0 Å². The van der Waals surface area contributed by atoms with Gasteiger partial charge in [0.25, 0.3) is 0 Å². The van der Waals surface area contributed by atoms with Crippen molar-refractivity contribution in [3.05, 3.63) is 69.3 Å². The largest absolute Gasteiger partial charge is 0.496 e. The van der Waals surface area contributed by atoms with Crippen molar-refractivity contribution in [2.45, 2.75) is 52.1 Å². The molecule has 2 aromatic carbocycles. The molecule has 0 amide bonds. The van der Waals surface area contributed by atoms with Gasteiger partial charge >= 0.3 is 5.69 Å². The van der Waals surface area contributed by atoms with E-state index in [-0.39, 0.29) is 29.2 Å². The van der Waals surface area contributed by atoms with Crippen molar-refractivity contribution in [2.75, 3.05) is 7.11 Å². The maximum Gasteiger partial charge on any atom is 0.311 e. The smallest absolute Gasteiger partial charge is 0.311 e. The van der Waals surface area contributed by atoms with E-state index in [9.17, 15) is 14.9 Å². The summed E-state index contributed by atoms with van der Waals surface area (Å²) in [6, 6.07) is 10.6. The lowest BCUT2D eigenvalue weighted by molar-refractivity contribution is -0.386. The van der Waals surface area contributed by atoms with Crippen LogP contribution in [0.3, 0.4) is 0 Å². The van der Waals surface area contributed by atoms with Crippen LogP contribution in [-0.2, 0) is 11.4 Å². The molecule has 0 aromatic heterocycles. The lowest BCUT2D eigenvalue weighted by atomic mass is 9.48. The number of carbonyl (C=O) groups excluding carboxylic acids is 1. The number of aryl methyl sites for hydroxylation is 1. The van der Waals surface area contributed by atoms with Crippen LogP contribution in [0.1, 0.15) is 55.2 Å². The number of ether oxygens (including phenoxy) is 2. The zero-order valence-electron chi connectivity index (χ0n) is 19.8. The number of allylic oxidation sites excluding steroid dienone is 1. The topological polar surface area (TPSA) is 78.7 Å². The van der Waals surface area contributed by atoms with Crippen LogP contribution in [0.4, 0.5) is 5.69 Å². The van der Waals surface area contributed by atoms with Crippen molar-refractivity contribution < 1.29 is 19.2 Å². The first-order valence-electron chi connectivity index (χ1n) is 12.1. The second-order valence-electron chi connectivity index (χ2n) is 10.5. The zero-order valence-corrected chi connectivity index (χ0v) is 19.8. The minimum atomic E-state index is -0.436. The fraction of sp³-hybridized carbons (Fsp3) is 0.464. The summed E-state index contributed by atoms with van der Waals surface area (Å²) in [5.41, 5.74) is 2.25. The highest BCUT2D eigenvalue weighted by Crippen LogP contribution is 2.60. The molecule has 0 radical (unpaired) electrons. The molecule has 6 nitrogen and oxygen atoms in total. The maximum absolute atomic E-state index is 13.3. The first-order chi connectivity index (χ1) is 16.3. The molecular weight excluding hydrogens is 430 g/mol. The molecule has 0 heterocycles. The van der Waals surface area contributed by atoms with Crippen LogP contribution in [0.25, 0.3) is 6.08 Å². The SMILES string of the molecule is COc1ccc(/C=C/C(=O)C23CC4CC(CC(C4)C2)C3)cc1COc1ccc(C)cc1[N+](=O)[O-]. The number of hydrogen-bond acceptors (Lipinski definition) is 5. The number of nitro benzene ring substituents is 1. The van der Waals surface area contributed by atoms with Gasteiger partial charge in [-0.05, 0) is 98.6 Å². The molecule has 0 N–H and O–H groups in total. The third-order valence-electron chi connectivity index (χ3n) is 7.99. The number of benzene rings is 2. The van der Waals surface area contributed by atoms with E-state index in [4.69, 9.17) is 9.47 Å². The average molecular weight is 462 g/mol. The zero-order chi connectivity index (χ0) is 23.9. The Bertz CT molecular complexity index is 1120. The van der Waals surface area contributed by atoms with Gasteiger partial charge in [0.1, 0.15) is 12.4 Å². The highest BCUT2D eigenvalue weighted by Gasteiger charge is 2.53. The van der Waals surface area contributed by atoms with Gasteiger partial charge in [-0.3, -0.25) is 14.9 Å². The van der Waals surface area contributed by atoms with Crippen molar-refractivity contribution >= 4 is 17.5 Å². The van der Waals surface area contributed by atoms with Crippen molar-refractivity contribution in [1.29, 1.82) is 0 Å². The molecule has 0 atom stereocenters. The Morgan fingerprint density at radius 1 is 1.06 bits per heavy atom. The number of nitro groups is 1. The second-order valence-corrected chi connectivity index (χ2v) is 10.5. The number of rotatable bonds is 8. The van der Waals surface area contributed by atoms with E-state index < -0.39 is 4.92 Å². The summed E-state index contributed by atoms with van der Waals surface area (Å²) in [6.45, 7) is 1.93. The Hall–Kier alpha value is -3.15. The molecule has 4 aliphatic carbocycles. The van der Waals surface area contributed by atoms with E-state index in [1.807, 2.05) is 24.3 Å². The van der Waals surface area contributed by atoms with E-state index in [0.29, 0.717) is 5.75 Å². The van der Waals surface area contributed by atoms with Crippen LogP contribution in [-0.4, -0.2) is 17.8 Å². The van der Waals surface area contributed by atoms with Crippen LogP contribution in [0, 0.1) is 40.2 Å². The minimum absolute atomic E-state index is 0.0591. The fourth-order valence-electron chi connectivity index (χ4n) is 6.82. The van der Waals surface area contributed by atoms with Gasteiger partial charge < -0.3 is 9.47 Å². The summed E-state index contributed by atoms with van der Waals surface area (Å²) in [7, 11) is 1.58. The van der Waals surface area contributed by atoms with Gasteiger partial charge in [0.15, 0.2) is 11.5 Å². The standard InChI is InChI=1S/C28H31NO5/c1-18-3-6-26(24(9-18)29(31)32)34-17-23-13-19(4-7-25(23)33-2)5-8-27(30)28-14-20-10-21(15-28)12-22(11-20)16-28/h3-9,13,20-22H,10-12,14-17H2,1-2H3/b8-5+. The van der Waals surface area contributed by atoms with Crippen LogP contribution < -0.4 is 9.47 Å². The van der Waals surface area contributed by atoms with Crippen LogP contribution >= 0.6 is 0 Å². The molecule has 4 saturated carbocycles. The Labute approximate surface area is 200 Å².